The normalized spacial score (nSPS) is 13.9. The Morgan fingerprint density at radius 1 is 1.19 bits per heavy atom. The number of aromatic nitrogens is 1. The number of aromatic carboxylic acids is 1. The predicted octanol–water partition coefficient (Wildman–Crippen LogP) is 3.49. The molecule has 0 atom stereocenters. The molecule has 3 aromatic rings. The Balaban J connectivity index is 2.06. The highest BCUT2D eigenvalue weighted by atomic mass is 16.6. The van der Waals surface area contributed by atoms with Crippen LogP contribution in [0.5, 0.6) is 0 Å². The lowest BCUT2D eigenvalue weighted by Crippen LogP contribution is -2.11. The largest absolute Gasteiger partial charge is 0.478 e. The smallest absolute Gasteiger partial charge is 0.335 e. The summed E-state index contributed by atoms with van der Waals surface area (Å²) in [4.78, 5) is 24.5. The molecule has 132 valence electrons. The molecule has 2 heterocycles. The van der Waals surface area contributed by atoms with Gasteiger partial charge in [-0.3, -0.25) is 15.0 Å². The van der Waals surface area contributed by atoms with Crippen molar-refractivity contribution in [1.29, 1.82) is 0 Å². The summed E-state index contributed by atoms with van der Waals surface area (Å²) in [5, 5.41) is 21.9. The summed E-state index contributed by atoms with van der Waals surface area (Å²) in [6.07, 6.45) is 0. The molecule has 0 spiro atoms. The first-order valence-electron chi connectivity index (χ1n) is 8.20. The highest BCUT2D eigenvalue weighted by Gasteiger charge is 2.29. The maximum absolute atomic E-state index is 11.6. The van der Waals surface area contributed by atoms with E-state index in [2.05, 4.69) is 11.0 Å². The first-order chi connectivity index (χ1) is 12.4. The maximum Gasteiger partial charge on any atom is 0.335 e. The second-order valence-corrected chi connectivity index (χ2v) is 6.72. The van der Waals surface area contributed by atoms with Gasteiger partial charge in [0.1, 0.15) is 5.69 Å². The van der Waals surface area contributed by atoms with E-state index >= 15 is 0 Å². The molecule has 0 saturated heterocycles. The van der Waals surface area contributed by atoms with Crippen molar-refractivity contribution in [3.8, 4) is 5.69 Å². The number of benzene rings is 2. The Morgan fingerprint density at radius 2 is 1.96 bits per heavy atom. The van der Waals surface area contributed by atoms with E-state index in [1.54, 1.807) is 0 Å². The zero-order chi connectivity index (χ0) is 18.6. The quantitative estimate of drug-likeness (QED) is 0.576. The van der Waals surface area contributed by atoms with Crippen LogP contribution in [0.3, 0.4) is 0 Å². The minimum atomic E-state index is -1.18. The molecule has 7 nitrogen and oxygen atoms in total. The van der Waals surface area contributed by atoms with Crippen molar-refractivity contribution >= 4 is 22.6 Å². The molecular weight excluding hydrogens is 334 g/mol. The maximum atomic E-state index is 11.6. The van der Waals surface area contributed by atoms with Crippen LogP contribution in [0.1, 0.15) is 27.2 Å². The third-order valence-electron chi connectivity index (χ3n) is 4.84. The number of carboxylic acid groups (broad SMARTS) is 1. The van der Waals surface area contributed by atoms with Gasteiger partial charge in [0.2, 0.25) is 0 Å². The van der Waals surface area contributed by atoms with Gasteiger partial charge in [-0.1, -0.05) is 11.6 Å². The number of carbonyl (C=O) groups is 1. The minimum Gasteiger partial charge on any atom is -0.478 e. The van der Waals surface area contributed by atoms with Gasteiger partial charge in [0.05, 0.1) is 16.0 Å². The summed E-state index contributed by atoms with van der Waals surface area (Å²) in [6, 6.07) is 10.1. The second-order valence-electron chi connectivity index (χ2n) is 6.72. The SMILES string of the molecule is Cc1ccc2c(c1)c1c(n2-c2ccc(C(=O)O)cc2[N+](=O)[O-])CN(C)C1. The fourth-order valence-corrected chi connectivity index (χ4v) is 3.71. The van der Waals surface area contributed by atoms with E-state index in [-0.39, 0.29) is 11.3 Å². The van der Waals surface area contributed by atoms with Gasteiger partial charge in [0.25, 0.3) is 5.69 Å². The van der Waals surface area contributed by atoms with Crippen molar-refractivity contribution in [2.24, 2.45) is 0 Å². The van der Waals surface area contributed by atoms with Gasteiger partial charge in [-0.15, -0.1) is 0 Å². The van der Waals surface area contributed by atoms with Gasteiger partial charge >= 0.3 is 5.97 Å². The zero-order valence-corrected chi connectivity index (χ0v) is 14.4. The summed E-state index contributed by atoms with van der Waals surface area (Å²) in [7, 11) is 2.01. The monoisotopic (exact) mass is 351 g/mol. The average Bonchev–Trinajstić information content (AvgIpc) is 3.09. The molecule has 0 bridgehead atoms. The van der Waals surface area contributed by atoms with Crippen molar-refractivity contribution in [3.05, 3.63) is 68.9 Å². The number of nitro benzene ring substituents is 1. The lowest BCUT2D eigenvalue weighted by molar-refractivity contribution is -0.384. The summed E-state index contributed by atoms with van der Waals surface area (Å²) in [5.41, 5.74) is 4.30. The third kappa shape index (κ3) is 2.36. The molecule has 1 aliphatic rings. The number of rotatable bonds is 3. The molecule has 4 rings (SSSR count). The first-order valence-corrected chi connectivity index (χ1v) is 8.20. The highest BCUT2D eigenvalue weighted by Crippen LogP contribution is 2.38. The summed E-state index contributed by atoms with van der Waals surface area (Å²) < 4.78 is 1.90. The first kappa shape index (κ1) is 16.3. The third-order valence-corrected chi connectivity index (χ3v) is 4.84. The summed E-state index contributed by atoms with van der Waals surface area (Å²) in [6.45, 7) is 3.48. The van der Waals surface area contributed by atoms with Gasteiger partial charge in [0, 0.05) is 30.2 Å². The lowest BCUT2D eigenvalue weighted by Gasteiger charge is -2.13. The number of nitro groups is 1. The van der Waals surface area contributed by atoms with Crippen molar-refractivity contribution in [2.75, 3.05) is 7.05 Å². The zero-order valence-electron chi connectivity index (χ0n) is 14.4. The van der Waals surface area contributed by atoms with Crippen LogP contribution in [-0.4, -0.2) is 32.5 Å². The lowest BCUT2D eigenvalue weighted by atomic mass is 10.1. The van der Waals surface area contributed by atoms with Crippen molar-refractivity contribution in [1.82, 2.24) is 9.47 Å². The molecule has 1 aliphatic heterocycles. The predicted molar refractivity (Wildman–Crippen MR) is 96.8 cm³/mol. The van der Waals surface area contributed by atoms with E-state index in [0.717, 1.165) is 34.8 Å². The number of fused-ring (bicyclic) bond motifs is 3. The molecule has 2 aromatic carbocycles. The van der Waals surface area contributed by atoms with Crippen LogP contribution >= 0.6 is 0 Å². The Hall–Kier alpha value is -3.19. The highest BCUT2D eigenvalue weighted by molar-refractivity contribution is 5.91. The van der Waals surface area contributed by atoms with Crippen LogP contribution in [-0.2, 0) is 13.1 Å². The molecule has 0 amide bonds. The Labute approximate surface area is 149 Å². The van der Waals surface area contributed by atoms with Crippen LogP contribution < -0.4 is 0 Å². The van der Waals surface area contributed by atoms with E-state index in [0.29, 0.717) is 12.2 Å². The van der Waals surface area contributed by atoms with E-state index in [1.807, 2.05) is 30.7 Å². The van der Waals surface area contributed by atoms with E-state index in [4.69, 9.17) is 5.11 Å². The minimum absolute atomic E-state index is 0.0958. The number of hydrogen-bond donors (Lipinski definition) is 1. The van der Waals surface area contributed by atoms with Crippen LogP contribution in [0.4, 0.5) is 5.69 Å². The fraction of sp³-hybridized carbons (Fsp3) is 0.211. The van der Waals surface area contributed by atoms with Crippen LogP contribution in [0, 0.1) is 17.0 Å². The van der Waals surface area contributed by atoms with Crippen molar-refractivity contribution < 1.29 is 14.8 Å². The van der Waals surface area contributed by atoms with Gasteiger partial charge in [-0.05, 0) is 43.8 Å². The molecule has 7 heteroatoms. The average molecular weight is 351 g/mol. The van der Waals surface area contributed by atoms with Crippen LogP contribution in [0.25, 0.3) is 16.6 Å². The van der Waals surface area contributed by atoms with E-state index < -0.39 is 10.9 Å². The van der Waals surface area contributed by atoms with Crippen molar-refractivity contribution in [2.45, 2.75) is 20.0 Å². The van der Waals surface area contributed by atoms with Gasteiger partial charge in [0.15, 0.2) is 0 Å². The number of nitrogens with zero attached hydrogens (tertiary/aromatic N) is 3. The number of hydrogen-bond acceptors (Lipinski definition) is 4. The topological polar surface area (TPSA) is 88.6 Å². The molecule has 0 aliphatic carbocycles. The Bertz CT molecular complexity index is 1080. The number of aryl methyl sites for hydroxylation is 1. The summed E-state index contributed by atoms with van der Waals surface area (Å²) >= 11 is 0. The van der Waals surface area contributed by atoms with E-state index in [9.17, 15) is 14.9 Å². The fourth-order valence-electron chi connectivity index (χ4n) is 3.71. The van der Waals surface area contributed by atoms with Crippen LogP contribution in [0.15, 0.2) is 36.4 Å². The molecule has 0 radical (unpaired) electrons. The van der Waals surface area contributed by atoms with E-state index in [1.165, 1.54) is 17.7 Å². The van der Waals surface area contributed by atoms with Crippen molar-refractivity contribution in [3.63, 3.8) is 0 Å². The Kier molecular flexibility index (Phi) is 3.55. The molecule has 26 heavy (non-hydrogen) atoms. The standard InChI is InChI=1S/C19H17N3O4/c1-11-3-5-15-13(7-11)14-9-20(2)10-18(14)21(15)16-6-4-12(19(23)24)8-17(16)22(25)26/h3-8H,9-10H2,1-2H3,(H,23,24). The van der Waals surface area contributed by atoms with Crippen LogP contribution in [0.2, 0.25) is 0 Å². The molecule has 0 fully saturated rings. The molecule has 0 saturated carbocycles. The molecule has 1 aromatic heterocycles. The molecule has 1 N–H and O–H groups in total. The Morgan fingerprint density at radius 3 is 2.65 bits per heavy atom. The second kappa shape index (κ2) is 5.67. The molecule has 0 unspecified atom stereocenters. The van der Waals surface area contributed by atoms with Gasteiger partial charge in [-0.2, -0.15) is 0 Å². The van der Waals surface area contributed by atoms with Gasteiger partial charge < -0.3 is 9.67 Å². The summed E-state index contributed by atoms with van der Waals surface area (Å²) in [5.74, 6) is -1.18. The number of carboxylic acids is 1. The van der Waals surface area contributed by atoms with Gasteiger partial charge in [-0.25, -0.2) is 4.79 Å². The molecular formula is C19H17N3O4.